The third-order valence-electron chi connectivity index (χ3n) is 4.55. The van der Waals surface area contributed by atoms with E-state index >= 15 is 0 Å². The molecule has 2 bridgehead atoms. The van der Waals surface area contributed by atoms with Crippen LogP contribution in [0.3, 0.4) is 0 Å². The van der Waals surface area contributed by atoms with Crippen LogP contribution >= 0.6 is 0 Å². The monoisotopic (exact) mass is 210 g/mol. The van der Waals surface area contributed by atoms with E-state index in [9.17, 15) is 0 Å². The standard InChI is InChI=1S/C12H22N2O/c1-9-4-12(5-9,8-13)14-6-10-2-3-11(7-14)15-10/h9-11H,2-8,13H2,1H3. The first-order chi connectivity index (χ1) is 7.22. The predicted molar refractivity (Wildman–Crippen MR) is 59.7 cm³/mol. The van der Waals surface area contributed by atoms with Crippen molar-refractivity contribution in [1.29, 1.82) is 0 Å². The number of nitrogens with zero attached hydrogens (tertiary/aromatic N) is 1. The predicted octanol–water partition coefficient (Wildman–Crippen LogP) is 0.977. The smallest absolute Gasteiger partial charge is 0.0707 e. The van der Waals surface area contributed by atoms with Crippen molar-refractivity contribution in [2.75, 3.05) is 19.6 Å². The van der Waals surface area contributed by atoms with Gasteiger partial charge in [-0.05, 0) is 31.6 Å². The molecule has 0 aromatic rings. The van der Waals surface area contributed by atoms with Crippen molar-refractivity contribution < 1.29 is 4.74 Å². The number of ether oxygens (including phenoxy) is 1. The van der Waals surface area contributed by atoms with Crippen molar-refractivity contribution >= 4 is 0 Å². The maximum absolute atomic E-state index is 5.99. The first-order valence-corrected chi connectivity index (χ1v) is 6.32. The first kappa shape index (κ1) is 10.1. The summed E-state index contributed by atoms with van der Waals surface area (Å²) in [4.78, 5) is 2.64. The van der Waals surface area contributed by atoms with E-state index in [4.69, 9.17) is 10.5 Å². The van der Waals surface area contributed by atoms with Crippen LogP contribution in [0.2, 0.25) is 0 Å². The number of fused-ring (bicyclic) bond motifs is 2. The largest absolute Gasteiger partial charge is 0.372 e. The number of hydrogen-bond acceptors (Lipinski definition) is 3. The molecule has 2 unspecified atom stereocenters. The Balaban J connectivity index is 1.71. The molecule has 2 heterocycles. The Kier molecular flexibility index (Phi) is 2.31. The van der Waals surface area contributed by atoms with Gasteiger partial charge in [-0.1, -0.05) is 6.92 Å². The molecule has 3 fully saturated rings. The zero-order valence-electron chi connectivity index (χ0n) is 9.61. The highest BCUT2D eigenvalue weighted by molar-refractivity contribution is 5.05. The van der Waals surface area contributed by atoms with E-state index in [0.717, 1.165) is 25.6 Å². The Labute approximate surface area is 91.9 Å². The summed E-state index contributed by atoms with van der Waals surface area (Å²) in [5.74, 6) is 0.869. The highest BCUT2D eigenvalue weighted by atomic mass is 16.5. The lowest BCUT2D eigenvalue weighted by atomic mass is 9.67. The van der Waals surface area contributed by atoms with Crippen molar-refractivity contribution in [3.05, 3.63) is 0 Å². The molecule has 1 saturated carbocycles. The summed E-state index contributed by atoms with van der Waals surface area (Å²) in [6.07, 6.45) is 6.12. The number of hydrogen-bond donors (Lipinski definition) is 1. The van der Waals surface area contributed by atoms with Gasteiger partial charge in [0.25, 0.3) is 0 Å². The van der Waals surface area contributed by atoms with Gasteiger partial charge < -0.3 is 10.5 Å². The zero-order valence-corrected chi connectivity index (χ0v) is 9.61. The molecule has 86 valence electrons. The summed E-state index contributed by atoms with van der Waals surface area (Å²) in [5.41, 5.74) is 6.33. The summed E-state index contributed by atoms with van der Waals surface area (Å²) in [6, 6.07) is 0. The maximum Gasteiger partial charge on any atom is 0.0707 e. The van der Waals surface area contributed by atoms with Gasteiger partial charge in [0.15, 0.2) is 0 Å². The lowest BCUT2D eigenvalue weighted by Crippen LogP contribution is -2.65. The summed E-state index contributed by atoms with van der Waals surface area (Å²) in [7, 11) is 0. The van der Waals surface area contributed by atoms with Gasteiger partial charge in [-0.25, -0.2) is 0 Å². The maximum atomic E-state index is 5.99. The summed E-state index contributed by atoms with van der Waals surface area (Å²) in [6.45, 7) is 5.42. The minimum Gasteiger partial charge on any atom is -0.372 e. The van der Waals surface area contributed by atoms with Crippen LogP contribution in [0.5, 0.6) is 0 Å². The molecule has 0 radical (unpaired) electrons. The molecular formula is C12H22N2O. The third kappa shape index (κ3) is 1.52. The Morgan fingerprint density at radius 3 is 2.33 bits per heavy atom. The van der Waals surface area contributed by atoms with E-state index < -0.39 is 0 Å². The number of likely N-dealkylation sites (tertiary alicyclic amines) is 1. The number of nitrogens with two attached hydrogens (primary N) is 1. The average Bonchev–Trinajstić information content (AvgIpc) is 2.52. The Morgan fingerprint density at radius 2 is 1.87 bits per heavy atom. The molecule has 3 rings (SSSR count). The van der Waals surface area contributed by atoms with Crippen molar-refractivity contribution in [2.45, 2.75) is 50.4 Å². The molecule has 15 heavy (non-hydrogen) atoms. The molecule has 3 nitrogen and oxygen atoms in total. The molecule has 1 aliphatic carbocycles. The van der Waals surface area contributed by atoms with E-state index in [0.29, 0.717) is 17.7 Å². The molecule has 0 spiro atoms. The van der Waals surface area contributed by atoms with Gasteiger partial charge in [0.05, 0.1) is 12.2 Å². The minimum atomic E-state index is 0.337. The summed E-state index contributed by atoms with van der Waals surface area (Å²) < 4.78 is 5.88. The Morgan fingerprint density at radius 1 is 1.27 bits per heavy atom. The van der Waals surface area contributed by atoms with E-state index in [1.54, 1.807) is 0 Å². The Hall–Kier alpha value is -0.120. The van der Waals surface area contributed by atoms with Gasteiger partial charge in [0.1, 0.15) is 0 Å². The lowest BCUT2D eigenvalue weighted by molar-refractivity contribution is -0.109. The topological polar surface area (TPSA) is 38.5 Å². The van der Waals surface area contributed by atoms with E-state index in [-0.39, 0.29) is 0 Å². The van der Waals surface area contributed by atoms with E-state index in [1.165, 1.54) is 25.7 Å². The molecule has 2 atom stereocenters. The van der Waals surface area contributed by atoms with Gasteiger partial charge in [0.2, 0.25) is 0 Å². The summed E-state index contributed by atoms with van der Waals surface area (Å²) in [5, 5.41) is 0. The van der Waals surface area contributed by atoms with Gasteiger partial charge in [0, 0.05) is 25.2 Å². The second-order valence-electron chi connectivity index (χ2n) is 5.80. The molecule has 2 N–H and O–H groups in total. The van der Waals surface area contributed by atoms with Crippen molar-refractivity contribution in [3.8, 4) is 0 Å². The van der Waals surface area contributed by atoms with Crippen LogP contribution < -0.4 is 5.73 Å². The van der Waals surface area contributed by atoms with Crippen molar-refractivity contribution in [3.63, 3.8) is 0 Å². The highest BCUT2D eigenvalue weighted by Gasteiger charge is 2.49. The van der Waals surface area contributed by atoms with E-state index in [1.807, 2.05) is 0 Å². The van der Waals surface area contributed by atoms with Crippen LogP contribution in [0.4, 0.5) is 0 Å². The van der Waals surface area contributed by atoms with Crippen LogP contribution in [0.1, 0.15) is 32.6 Å². The van der Waals surface area contributed by atoms with Crippen LogP contribution in [0.15, 0.2) is 0 Å². The molecule has 0 aromatic carbocycles. The van der Waals surface area contributed by atoms with Crippen LogP contribution in [-0.4, -0.2) is 42.3 Å². The van der Waals surface area contributed by atoms with Crippen molar-refractivity contribution in [1.82, 2.24) is 4.90 Å². The number of rotatable bonds is 2. The average molecular weight is 210 g/mol. The molecule has 3 heteroatoms. The molecule has 2 saturated heterocycles. The van der Waals surface area contributed by atoms with Gasteiger partial charge in [-0.3, -0.25) is 4.90 Å². The molecule has 0 aromatic heterocycles. The fourth-order valence-corrected chi connectivity index (χ4v) is 3.79. The molecule has 0 amide bonds. The Bertz CT molecular complexity index is 238. The van der Waals surface area contributed by atoms with Crippen LogP contribution in [0.25, 0.3) is 0 Å². The fourth-order valence-electron chi connectivity index (χ4n) is 3.79. The fraction of sp³-hybridized carbons (Fsp3) is 1.00. The number of morpholine rings is 1. The van der Waals surface area contributed by atoms with Crippen LogP contribution in [-0.2, 0) is 4.74 Å². The second-order valence-corrected chi connectivity index (χ2v) is 5.80. The van der Waals surface area contributed by atoms with Gasteiger partial charge >= 0.3 is 0 Å². The van der Waals surface area contributed by atoms with Crippen molar-refractivity contribution in [2.24, 2.45) is 11.7 Å². The quantitative estimate of drug-likeness (QED) is 0.738. The second kappa shape index (κ2) is 3.44. The van der Waals surface area contributed by atoms with Gasteiger partial charge in [-0.15, -0.1) is 0 Å². The molecular weight excluding hydrogens is 188 g/mol. The molecule has 2 aliphatic heterocycles. The molecule has 3 aliphatic rings. The zero-order chi connectivity index (χ0) is 10.5. The third-order valence-corrected chi connectivity index (χ3v) is 4.55. The SMILES string of the molecule is CC1CC(CN)(N2CC3CCC(C2)O3)C1. The first-order valence-electron chi connectivity index (χ1n) is 6.32. The van der Waals surface area contributed by atoms with E-state index in [2.05, 4.69) is 11.8 Å². The summed E-state index contributed by atoms with van der Waals surface area (Å²) >= 11 is 0. The van der Waals surface area contributed by atoms with Gasteiger partial charge in [-0.2, -0.15) is 0 Å². The highest BCUT2D eigenvalue weighted by Crippen LogP contribution is 2.44. The minimum absolute atomic E-state index is 0.337. The lowest BCUT2D eigenvalue weighted by Gasteiger charge is -2.55. The van der Waals surface area contributed by atoms with Crippen LogP contribution in [0, 0.1) is 5.92 Å². The normalized spacial score (nSPS) is 50.4.